The molecule has 2 fully saturated rings. The molecule has 2 aliphatic rings. The van der Waals surface area contributed by atoms with Gasteiger partial charge in [0, 0.05) is 12.6 Å². The Morgan fingerprint density at radius 2 is 1.86 bits per heavy atom. The fourth-order valence-corrected chi connectivity index (χ4v) is 3.80. The third-order valence-corrected chi connectivity index (χ3v) is 4.87. The van der Waals surface area contributed by atoms with Gasteiger partial charge in [-0.05, 0) is 43.7 Å². The molecule has 1 aliphatic carbocycles. The largest absolute Gasteiger partial charge is 0.464 e. The van der Waals surface area contributed by atoms with Gasteiger partial charge >= 0.3 is 5.97 Å². The number of amides is 1. The number of hydrogen-bond donors (Lipinski definition) is 0. The minimum absolute atomic E-state index is 0.0554. The molecule has 5 nitrogen and oxygen atoms in total. The summed E-state index contributed by atoms with van der Waals surface area (Å²) in [5.74, 6) is 0.0683. The Morgan fingerprint density at radius 1 is 1.14 bits per heavy atom. The van der Waals surface area contributed by atoms with Crippen molar-refractivity contribution in [3.05, 3.63) is 29.6 Å². The Hall–Kier alpha value is -1.91. The van der Waals surface area contributed by atoms with Gasteiger partial charge in [-0.1, -0.05) is 18.9 Å². The number of likely N-dealkylation sites (tertiary alicyclic amines) is 1. The van der Waals surface area contributed by atoms with E-state index in [1.165, 1.54) is 32.8 Å². The van der Waals surface area contributed by atoms with E-state index < -0.39 is 5.97 Å². The number of carbonyl (C=O) groups excluding carboxylic acids is 2. The summed E-state index contributed by atoms with van der Waals surface area (Å²) >= 11 is 0. The normalized spacial score (nSPS) is 22.0. The molecule has 0 spiro atoms. The van der Waals surface area contributed by atoms with Gasteiger partial charge in [0.25, 0.3) is 5.91 Å². The number of aromatic nitrogens is 1. The monoisotopic (exact) mass is 302 g/mol. The molecule has 0 unspecified atom stereocenters. The first-order valence-electron chi connectivity index (χ1n) is 8.07. The lowest BCUT2D eigenvalue weighted by Gasteiger charge is -2.29. The van der Waals surface area contributed by atoms with Crippen molar-refractivity contribution in [2.75, 3.05) is 13.7 Å². The lowest BCUT2D eigenvalue weighted by molar-refractivity contribution is 0.0593. The summed E-state index contributed by atoms with van der Waals surface area (Å²) in [5.41, 5.74) is 0.526. The molecule has 1 aromatic rings. The van der Waals surface area contributed by atoms with Gasteiger partial charge in [-0.15, -0.1) is 0 Å². The van der Waals surface area contributed by atoms with Crippen LogP contribution in [0.1, 0.15) is 59.5 Å². The van der Waals surface area contributed by atoms with Crippen molar-refractivity contribution in [1.29, 1.82) is 0 Å². The van der Waals surface area contributed by atoms with Gasteiger partial charge in [0.1, 0.15) is 11.4 Å². The Labute approximate surface area is 130 Å². The summed E-state index contributed by atoms with van der Waals surface area (Å²) in [4.78, 5) is 30.5. The Kier molecular flexibility index (Phi) is 4.41. The van der Waals surface area contributed by atoms with E-state index in [9.17, 15) is 9.59 Å². The number of methoxy groups -OCH3 is 1. The zero-order valence-corrected chi connectivity index (χ0v) is 13.0. The van der Waals surface area contributed by atoms with Crippen LogP contribution in [0, 0.1) is 5.92 Å². The molecule has 1 amide bonds. The third-order valence-electron chi connectivity index (χ3n) is 4.87. The molecule has 1 aliphatic heterocycles. The molecule has 1 saturated carbocycles. The lowest BCUT2D eigenvalue weighted by Crippen LogP contribution is -2.39. The molecular weight excluding hydrogens is 280 g/mol. The van der Waals surface area contributed by atoms with E-state index in [0.29, 0.717) is 17.7 Å². The van der Waals surface area contributed by atoms with Gasteiger partial charge < -0.3 is 9.64 Å². The number of nitrogens with zero attached hydrogens (tertiary/aromatic N) is 2. The fraction of sp³-hybridized carbons (Fsp3) is 0.588. The molecule has 0 aromatic carbocycles. The zero-order valence-electron chi connectivity index (χ0n) is 13.0. The maximum atomic E-state index is 12.8. The number of carbonyl (C=O) groups is 2. The minimum atomic E-state index is -0.511. The molecule has 0 bridgehead atoms. The second kappa shape index (κ2) is 6.46. The van der Waals surface area contributed by atoms with Crippen LogP contribution in [-0.4, -0.2) is 41.5 Å². The van der Waals surface area contributed by atoms with Crippen molar-refractivity contribution in [1.82, 2.24) is 9.88 Å². The van der Waals surface area contributed by atoms with E-state index in [0.717, 1.165) is 19.4 Å². The molecule has 1 saturated heterocycles. The zero-order chi connectivity index (χ0) is 15.5. The summed E-state index contributed by atoms with van der Waals surface area (Å²) in [5, 5.41) is 0. The van der Waals surface area contributed by atoms with Crippen LogP contribution in [0.15, 0.2) is 18.2 Å². The minimum Gasteiger partial charge on any atom is -0.464 e. The molecule has 2 heterocycles. The second-order valence-electron chi connectivity index (χ2n) is 6.15. The van der Waals surface area contributed by atoms with Gasteiger partial charge in [-0.25, -0.2) is 9.78 Å². The van der Waals surface area contributed by atoms with E-state index >= 15 is 0 Å². The molecular formula is C17H22N2O3. The number of rotatable bonds is 3. The van der Waals surface area contributed by atoms with Crippen molar-refractivity contribution < 1.29 is 14.3 Å². The average Bonchev–Trinajstić information content (AvgIpc) is 3.23. The summed E-state index contributed by atoms with van der Waals surface area (Å²) in [6.07, 6.45) is 7.16. The topological polar surface area (TPSA) is 59.5 Å². The first-order valence-corrected chi connectivity index (χ1v) is 8.07. The number of hydrogen-bond acceptors (Lipinski definition) is 4. The van der Waals surface area contributed by atoms with Gasteiger partial charge in [0.05, 0.1) is 7.11 Å². The molecule has 3 rings (SSSR count). The smallest absolute Gasteiger partial charge is 0.356 e. The highest BCUT2D eigenvalue weighted by Gasteiger charge is 2.36. The van der Waals surface area contributed by atoms with Crippen molar-refractivity contribution in [3.8, 4) is 0 Å². The maximum Gasteiger partial charge on any atom is 0.356 e. The summed E-state index contributed by atoms with van der Waals surface area (Å²) in [6.45, 7) is 0.796. The van der Waals surface area contributed by atoms with E-state index in [1.54, 1.807) is 18.2 Å². The summed E-state index contributed by atoms with van der Waals surface area (Å²) < 4.78 is 4.67. The van der Waals surface area contributed by atoms with Crippen LogP contribution in [-0.2, 0) is 4.74 Å². The number of pyridine rings is 1. The highest BCUT2D eigenvalue weighted by molar-refractivity contribution is 5.94. The van der Waals surface area contributed by atoms with Gasteiger partial charge in [0.2, 0.25) is 0 Å². The van der Waals surface area contributed by atoms with E-state index in [1.807, 2.05) is 4.90 Å². The predicted molar refractivity (Wildman–Crippen MR) is 81.6 cm³/mol. The number of esters is 1. The van der Waals surface area contributed by atoms with E-state index in [-0.39, 0.29) is 11.6 Å². The number of ether oxygens (including phenoxy) is 1. The Balaban J connectivity index is 1.79. The summed E-state index contributed by atoms with van der Waals surface area (Å²) in [6, 6.07) is 5.28. The Morgan fingerprint density at radius 3 is 2.59 bits per heavy atom. The molecule has 5 heteroatoms. The molecule has 22 heavy (non-hydrogen) atoms. The standard InChI is InChI=1S/C17H22N2O3/c1-22-17(21)14-9-4-8-13(18-14)16(20)19-11-5-10-15(19)12-6-2-3-7-12/h4,8-9,12,15H,2-3,5-7,10-11H2,1H3/t15-/m1/s1. The van der Waals surface area contributed by atoms with Gasteiger partial charge in [-0.2, -0.15) is 0 Å². The van der Waals surface area contributed by atoms with Gasteiger partial charge in [0.15, 0.2) is 0 Å². The van der Waals surface area contributed by atoms with Crippen molar-refractivity contribution >= 4 is 11.9 Å². The first-order chi connectivity index (χ1) is 10.7. The first kappa shape index (κ1) is 15.0. The Bertz CT molecular complexity index is 567. The van der Waals surface area contributed by atoms with Crippen LogP contribution in [0.3, 0.4) is 0 Å². The SMILES string of the molecule is COC(=O)c1cccc(C(=O)N2CCC[C@@H]2C2CCCC2)n1. The van der Waals surface area contributed by atoms with Gasteiger partial charge in [-0.3, -0.25) is 4.79 Å². The van der Waals surface area contributed by atoms with E-state index in [2.05, 4.69) is 9.72 Å². The third kappa shape index (κ3) is 2.85. The highest BCUT2D eigenvalue weighted by atomic mass is 16.5. The van der Waals surface area contributed by atoms with Crippen molar-refractivity contribution in [3.63, 3.8) is 0 Å². The maximum absolute atomic E-state index is 12.8. The van der Waals surface area contributed by atoms with Crippen molar-refractivity contribution in [2.45, 2.75) is 44.6 Å². The fourth-order valence-electron chi connectivity index (χ4n) is 3.80. The van der Waals surface area contributed by atoms with Crippen LogP contribution in [0.5, 0.6) is 0 Å². The molecule has 0 radical (unpaired) electrons. The molecule has 1 aromatic heterocycles. The molecule has 118 valence electrons. The van der Waals surface area contributed by atoms with Crippen molar-refractivity contribution in [2.24, 2.45) is 5.92 Å². The van der Waals surface area contributed by atoms with Crippen LogP contribution in [0.2, 0.25) is 0 Å². The van der Waals surface area contributed by atoms with Crippen LogP contribution in [0.25, 0.3) is 0 Å². The van der Waals surface area contributed by atoms with E-state index in [4.69, 9.17) is 0 Å². The summed E-state index contributed by atoms with van der Waals surface area (Å²) in [7, 11) is 1.31. The highest BCUT2D eigenvalue weighted by Crippen LogP contribution is 2.35. The molecule has 0 N–H and O–H groups in total. The predicted octanol–water partition coefficient (Wildman–Crippen LogP) is 2.66. The molecule has 1 atom stereocenters. The van der Waals surface area contributed by atoms with Crippen LogP contribution >= 0.6 is 0 Å². The quantitative estimate of drug-likeness (QED) is 0.805. The lowest BCUT2D eigenvalue weighted by atomic mass is 9.96. The van der Waals surface area contributed by atoms with Crippen LogP contribution < -0.4 is 0 Å². The van der Waals surface area contributed by atoms with Crippen LogP contribution in [0.4, 0.5) is 0 Å². The second-order valence-corrected chi connectivity index (χ2v) is 6.15. The average molecular weight is 302 g/mol.